The van der Waals surface area contributed by atoms with Crippen molar-refractivity contribution in [2.45, 2.75) is 135 Å². The maximum absolute atomic E-state index is 11.8. The van der Waals surface area contributed by atoms with E-state index in [1.165, 1.54) is 83.5 Å². The minimum Gasteiger partial charge on any atom is -0.481 e. The van der Waals surface area contributed by atoms with Crippen molar-refractivity contribution in [3.8, 4) is 0 Å². The highest BCUT2D eigenvalue weighted by Gasteiger charge is 2.01. The summed E-state index contributed by atoms with van der Waals surface area (Å²) in [6, 6.07) is 0. The van der Waals surface area contributed by atoms with Gasteiger partial charge in [0.15, 0.2) is 0 Å². The van der Waals surface area contributed by atoms with Gasteiger partial charge in [0.2, 0.25) is 5.91 Å². The van der Waals surface area contributed by atoms with Gasteiger partial charge in [-0.2, -0.15) is 0 Å². The summed E-state index contributed by atoms with van der Waals surface area (Å²) >= 11 is 0. The number of unbranched alkanes of at least 4 members (excludes halogenated alkanes) is 16. The molecule has 0 aliphatic rings. The van der Waals surface area contributed by atoms with Crippen LogP contribution in [0, 0.1) is 0 Å². The van der Waals surface area contributed by atoms with Gasteiger partial charge in [0, 0.05) is 19.4 Å². The molecule has 0 atom stereocenters. The summed E-state index contributed by atoms with van der Waals surface area (Å²) in [6.07, 6.45) is 22.9. The van der Waals surface area contributed by atoms with Crippen molar-refractivity contribution in [1.29, 1.82) is 0 Å². The van der Waals surface area contributed by atoms with E-state index < -0.39 is 5.97 Å². The molecule has 1 amide bonds. The number of carbonyl (C=O) groups excluding carboxylic acids is 1. The third kappa shape index (κ3) is 23.0. The van der Waals surface area contributed by atoms with Crippen LogP contribution in [0.4, 0.5) is 0 Å². The first-order chi connectivity index (χ1) is 13.7. The number of carbonyl (C=O) groups is 2. The number of carboxylic acid groups (broad SMARTS) is 1. The fourth-order valence-electron chi connectivity index (χ4n) is 3.55. The van der Waals surface area contributed by atoms with Gasteiger partial charge in [-0.15, -0.1) is 0 Å². The summed E-state index contributed by atoms with van der Waals surface area (Å²) in [5, 5.41) is 11.6. The minimum absolute atomic E-state index is 0.226. The molecule has 0 bridgehead atoms. The standard InChI is InChI=1S/C24H47NO3/c1-2-3-4-5-6-8-11-14-17-20-23(26)25-22-19-16-13-10-7-9-12-15-18-21-24(27)28/h2-22H2,1H3,(H,25,26)(H,27,28). The van der Waals surface area contributed by atoms with Crippen LogP contribution in [0.3, 0.4) is 0 Å². The first-order valence-corrected chi connectivity index (χ1v) is 12.1. The number of hydrogen-bond donors (Lipinski definition) is 2. The molecule has 4 nitrogen and oxygen atoms in total. The van der Waals surface area contributed by atoms with Crippen LogP contribution in [0.15, 0.2) is 0 Å². The summed E-state index contributed by atoms with van der Waals surface area (Å²) in [4.78, 5) is 22.2. The summed E-state index contributed by atoms with van der Waals surface area (Å²) in [5.74, 6) is -0.454. The molecule has 4 heteroatoms. The number of nitrogens with one attached hydrogen (secondary N) is 1. The summed E-state index contributed by atoms with van der Waals surface area (Å²) in [5.41, 5.74) is 0. The van der Waals surface area contributed by atoms with Crippen molar-refractivity contribution < 1.29 is 14.7 Å². The molecule has 0 spiro atoms. The van der Waals surface area contributed by atoms with Crippen molar-refractivity contribution in [2.75, 3.05) is 6.54 Å². The van der Waals surface area contributed by atoms with Gasteiger partial charge < -0.3 is 10.4 Å². The van der Waals surface area contributed by atoms with Gasteiger partial charge in [0.05, 0.1) is 0 Å². The summed E-state index contributed by atoms with van der Waals surface area (Å²) < 4.78 is 0. The molecule has 0 aliphatic heterocycles. The van der Waals surface area contributed by atoms with Gasteiger partial charge in [0.1, 0.15) is 0 Å². The lowest BCUT2D eigenvalue weighted by molar-refractivity contribution is -0.137. The first kappa shape index (κ1) is 26.9. The molecule has 28 heavy (non-hydrogen) atoms. The van der Waals surface area contributed by atoms with Gasteiger partial charge >= 0.3 is 5.97 Å². The molecule has 0 unspecified atom stereocenters. The van der Waals surface area contributed by atoms with Crippen LogP contribution in [0.5, 0.6) is 0 Å². The van der Waals surface area contributed by atoms with Crippen LogP contribution in [0.1, 0.15) is 135 Å². The van der Waals surface area contributed by atoms with Crippen LogP contribution in [-0.2, 0) is 9.59 Å². The maximum atomic E-state index is 11.8. The summed E-state index contributed by atoms with van der Waals surface area (Å²) in [6.45, 7) is 3.08. The van der Waals surface area contributed by atoms with Crippen molar-refractivity contribution in [3.63, 3.8) is 0 Å². The molecule has 0 aliphatic carbocycles. The Morgan fingerprint density at radius 2 is 0.964 bits per heavy atom. The Labute approximate surface area is 174 Å². The largest absolute Gasteiger partial charge is 0.481 e. The topological polar surface area (TPSA) is 66.4 Å². The van der Waals surface area contributed by atoms with Gasteiger partial charge in [-0.25, -0.2) is 0 Å². The molecule has 0 radical (unpaired) electrons. The van der Waals surface area contributed by atoms with E-state index in [0.29, 0.717) is 12.8 Å². The van der Waals surface area contributed by atoms with Crippen LogP contribution in [-0.4, -0.2) is 23.5 Å². The monoisotopic (exact) mass is 397 g/mol. The van der Waals surface area contributed by atoms with Gasteiger partial charge in [-0.3, -0.25) is 9.59 Å². The van der Waals surface area contributed by atoms with E-state index >= 15 is 0 Å². The lowest BCUT2D eigenvalue weighted by atomic mass is 10.1. The predicted molar refractivity (Wildman–Crippen MR) is 119 cm³/mol. The molecule has 0 aromatic rings. The van der Waals surface area contributed by atoms with E-state index in [0.717, 1.165) is 38.6 Å². The third-order valence-electron chi connectivity index (χ3n) is 5.40. The highest BCUT2D eigenvalue weighted by atomic mass is 16.4. The zero-order chi connectivity index (χ0) is 20.7. The highest BCUT2D eigenvalue weighted by molar-refractivity contribution is 5.75. The first-order valence-electron chi connectivity index (χ1n) is 12.1. The van der Waals surface area contributed by atoms with Crippen LogP contribution in [0.2, 0.25) is 0 Å². The minimum atomic E-state index is -0.680. The molecule has 0 fully saturated rings. The Balaban J connectivity index is 3.16. The second-order valence-corrected chi connectivity index (χ2v) is 8.25. The Bertz CT molecular complexity index is 358. The second kappa shape index (κ2) is 22.2. The fourth-order valence-corrected chi connectivity index (χ4v) is 3.55. The van der Waals surface area contributed by atoms with E-state index in [4.69, 9.17) is 5.11 Å². The zero-order valence-electron chi connectivity index (χ0n) is 18.6. The molecule has 0 saturated carbocycles. The number of hydrogen-bond acceptors (Lipinski definition) is 2. The van der Waals surface area contributed by atoms with Crippen molar-refractivity contribution in [1.82, 2.24) is 5.32 Å². The summed E-state index contributed by atoms with van der Waals surface area (Å²) in [7, 11) is 0. The molecule has 166 valence electrons. The second-order valence-electron chi connectivity index (χ2n) is 8.25. The fraction of sp³-hybridized carbons (Fsp3) is 0.917. The third-order valence-corrected chi connectivity index (χ3v) is 5.40. The molecular weight excluding hydrogens is 350 g/mol. The molecular formula is C24H47NO3. The number of carboxylic acids is 1. The van der Waals surface area contributed by atoms with Crippen LogP contribution < -0.4 is 5.32 Å². The Kier molecular flexibility index (Phi) is 21.4. The predicted octanol–water partition coefficient (Wildman–Crippen LogP) is 7.01. The molecule has 2 N–H and O–H groups in total. The normalized spacial score (nSPS) is 10.9. The van der Waals surface area contributed by atoms with E-state index in [9.17, 15) is 9.59 Å². The van der Waals surface area contributed by atoms with E-state index in [1.807, 2.05) is 0 Å². The van der Waals surface area contributed by atoms with Gasteiger partial charge in [0.25, 0.3) is 0 Å². The average Bonchev–Trinajstić information content (AvgIpc) is 2.67. The SMILES string of the molecule is CCCCCCCCCCCC(=O)NCCCCCCCCCCCC(=O)O. The molecule has 0 heterocycles. The maximum Gasteiger partial charge on any atom is 0.303 e. The Hall–Kier alpha value is -1.06. The average molecular weight is 398 g/mol. The Morgan fingerprint density at radius 1 is 0.571 bits per heavy atom. The lowest BCUT2D eigenvalue weighted by Gasteiger charge is -2.06. The molecule has 0 aromatic carbocycles. The van der Waals surface area contributed by atoms with Gasteiger partial charge in [-0.05, 0) is 19.3 Å². The smallest absolute Gasteiger partial charge is 0.303 e. The quantitative estimate of drug-likeness (QED) is 0.193. The highest BCUT2D eigenvalue weighted by Crippen LogP contribution is 2.11. The number of aliphatic carboxylic acids is 1. The van der Waals surface area contributed by atoms with E-state index in [-0.39, 0.29) is 5.91 Å². The lowest BCUT2D eigenvalue weighted by Crippen LogP contribution is -2.23. The van der Waals surface area contributed by atoms with Gasteiger partial charge in [-0.1, -0.05) is 103 Å². The number of rotatable bonds is 22. The van der Waals surface area contributed by atoms with Crippen molar-refractivity contribution in [2.24, 2.45) is 0 Å². The molecule has 0 rings (SSSR count). The Morgan fingerprint density at radius 3 is 1.43 bits per heavy atom. The van der Waals surface area contributed by atoms with Crippen molar-refractivity contribution in [3.05, 3.63) is 0 Å². The van der Waals surface area contributed by atoms with E-state index in [2.05, 4.69) is 12.2 Å². The van der Waals surface area contributed by atoms with Crippen LogP contribution in [0.25, 0.3) is 0 Å². The van der Waals surface area contributed by atoms with Crippen LogP contribution >= 0.6 is 0 Å². The molecule has 0 saturated heterocycles. The van der Waals surface area contributed by atoms with E-state index in [1.54, 1.807) is 0 Å². The van der Waals surface area contributed by atoms with Crippen molar-refractivity contribution >= 4 is 11.9 Å². The zero-order valence-corrected chi connectivity index (χ0v) is 18.6. The molecule has 0 aromatic heterocycles. The number of amides is 1.